The average Bonchev–Trinajstić information content (AvgIpc) is 2.66. The van der Waals surface area contributed by atoms with Gasteiger partial charge in [-0.1, -0.05) is 6.42 Å². The van der Waals surface area contributed by atoms with Crippen LogP contribution in [-0.2, 0) is 0 Å². The van der Waals surface area contributed by atoms with Crippen LogP contribution in [-0.4, -0.2) is 40.4 Å². The topological polar surface area (TPSA) is 67.1 Å². The van der Waals surface area contributed by atoms with Crippen molar-refractivity contribution in [2.45, 2.75) is 19.3 Å². The minimum absolute atomic E-state index is 0.362. The van der Waals surface area contributed by atoms with Crippen molar-refractivity contribution in [2.75, 3.05) is 37.2 Å². The van der Waals surface area contributed by atoms with Crippen molar-refractivity contribution in [1.82, 2.24) is 14.3 Å². The number of hydrogen-bond donors (Lipinski definition) is 2. The van der Waals surface area contributed by atoms with E-state index in [1.807, 2.05) is 0 Å². The average molecular weight is 227 g/mol. The Morgan fingerprint density at radius 3 is 2.80 bits per heavy atom. The summed E-state index contributed by atoms with van der Waals surface area (Å²) in [4.78, 5) is 6.54. The number of nitrogens with one attached hydrogen (secondary N) is 1. The minimum atomic E-state index is 0.362. The lowest BCUT2D eigenvalue weighted by molar-refractivity contribution is 0.237. The van der Waals surface area contributed by atoms with Crippen molar-refractivity contribution in [1.29, 1.82) is 0 Å². The highest BCUT2D eigenvalue weighted by atomic mass is 32.1. The van der Waals surface area contributed by atoms with Crippen LogP contribution in [0.3, 0.4) is 0 Å². The van der Waals surface area contributed by atoms with E-state index in [2.05, 4.69) is 19.6 Å². The van der Waals surface area contributed by atoms with E-state index in [0.717, 1.165) is 18.2 Å². The fourth-order valence-electron chi connectivity index (χ4n) is 1.81. The number of nitrogens with zero attached hydrogens (tertiary/aromatic N) is 3. The molecule has 3 N–H and O–H groups in total. The highest BCUT2D eigenvalue weighted by molar-refractivity contribution is 7.09. The summed E-state index contributed by atoms with van der Waals surface area (Å²) in [5, 5.41) is 4.06. The molecule has 0 aliphatic carbocycles. The van der Waals surface area contributed by atoms with Crippen LogP contribution in [0.1, 0.15) is 19.3 Å². The molecule has 6 heteroatoms. The van der Waals surface area contributed by atoms with E-state index in [0.29, 0.717) is 5.95 Å². The van der Waals surface area contributed by atoms with Crippen LogP contribution in [0, 0.1) is 0 Å². The lowest BCUT2D eigenvalue weighted by atomic mass is 10.1. The maximum Gasteiger partial charge on any atom is 0.233 e. The number of likely N-dealkylation sites (tertiary alicyclic amines) is 1. The third-order valence-corrected chi connectivity index (χ3v) is 3.28. The Balaban J connectivity index is 1.65. The molecule has 1 aliphatic heterocycles. The number of nitrogen functional groups attached to an aromatic ring is 1. The third kappa shape index (κ3) is 3.32. The van der Waals surface area contributed by atoms with E-state index in [1.165, 1.54) is 43.9 Å². The molecule has 0 amide bonds. The Labute approximate surface area is 93.9 Å². The molecule has 1 aromatic rings. The number of hydrogen-bond acceptors (Lipinski definition) is 6. The maximum absolute atomic E-state index is 5.43. The van der Waals surface area contributed by atoms with Crippen LogP contribution in [0.4, 0.5) is 11.1 Å². The predicted octanol–water partition coefficient (Wildman–Crippen LogP) is 1.02. The van der Waals surface area contributed by atoms with Crippen molar-refractivity contribution in [3.05, 3.63) is 0 Å². The summed E-state index contributed by atoms with van der Waals surface area (Å²) < 4.78 is 3.91. The first kappa shape index (κ1) is 10.6. The first-order valence-electron chi connectivity index (χ1n) is 5.40. The Morgan fingerprint density at radius 2 is 2.13 bits per heavy atom. The molecule has 0 spiro atoms. The molecule has 1 aliphatic rings. The second-order valence-corrected chi connectivity index (χ2v) is 4.54. The van der Waals surface area contributed by atoms with Crippen LogP contribution >= 0.6 is 11.5 Å². The van der Waals surface area contributed by atoms with E-state index in [4.69, 9.17) is 5.73 Å². The van der Waals surface area contributed by atoms with Crippen LogP contribution < -0.4 is 11.1 Å². The normalized spacial score (nSPS) is 17.9. The molecule has 5 nitrogen and oxygen atoms in total. The molecule has 15 heavy (non-hydrogen) atoms. The van der Waals surface area contributed by atoms with E-state index >= 15 is 0 Å². The van der Waals surface area contributed by atoms with Gasteiger partial charge in [0.2, 0.25) is 11.1 Å². The largest absolute Gasteiger partial charge is 0.367 e. The van der Waals surface area contributed by atoms with Crippen LogP contribution in [0.2, 0.25) is 0 Å². The van der Waals surface area contributed by atoms with Crippen molar-refractivity contribution in [3.8, 4) is 0 Å². The quantitative estimate of drug-likeness (QED) is 0.804. The van der Waals surface area contributed by atoms with Gasteiger partial charge in [-0.15, -0.1) is 0 Å². The first-order chi connectivity index (χ1) is 7.34. The zero-order chi connectivity index (χ0) is 10.5. The lowest BCUT2D eigenvalue weighted by Crippen LogP contribution is -2.33. The molecule has 0 saturated carbocycles. The summed E-state index contributed by atoms with van der Waals surface area (Å²) in [6.07, 6.45) is 4.06. The van der Waals surface area contributed by atoms with Gasteiger partial charge >= 0.3 is 0 Å². The number of piperidine rings is 1. The number of anilines is 2. The van der Waals surface area contributed by atoms with Gasteiger partial charge in [0.1, 0.15) is 0 Å². The summed E-state index contributed by atoms with van der Waals surface area (Å²) in [7, 11) is 0. The molecule has 2 rings (SSSR count). The maximum atomic E-state index is 5.43. The molecule has 0 unspecified atom stereocenters. The standard InChI is InChI=1S/C9H17N5S/c10-8-12-9(15-13-8)11-4-7-14-5-2-1-3-6-14/h1-7H2,(H3,10,11,12,13). The van der Waals surface area contributed by atoms with Gasteiger partial charge in [0.05, 0.1) is 0 Å². The highest BCUT2D eigenvalue weighted by Crippen LogP contribution is 2.12. The molecule has 0 atom stereocenters. The zero-order valence-electron chi connectivity index (χ0n) is 8.78. The molecule has 0 aromatic carbocycles. The minimum Gasteiger partial charge on any atom is -0.367 e. The molecule has 1 fully saturated rings. The number of rotatable bonds is 4. The molecule has 2 heterocycles. The van der Waals surface area contributed by atoms with E-state index in [-0.39, 0.29) is 0 Å². The van der Waals surface area contributed by atoms with Gasteiger partial charge in [-0.2, -0.15) is 9.36 Å². The van der Waals surface area contributed by atoms with Crippen molar-refractivity contribution in [2.24, 2.45) is 0 Å². The van der Waals surface area contributed by atoms with Crippen molar-refractivity contribution >= 4 is 22.6 Å². The van der Waals surface area contributed by atoms with Gasteiger partial charge in [0.15, 0.2) is 0 Å². The van der Waals surface area contributed by atoms with Gasteiger partial charge in [-0.05, 0) is 25.9 Å². The summed E-state index contributed by atoms with van der Waals surface area (Å²) in [6.45, 7) is 4.48. The molecule has 0 bridgehead atoms. The molecular weight excluding hydrogens is 210 g/mol. The fraction of sp³-hybridized carbons (Fsp3) is 0.778. The molecule has 1 aromatic heterocycles. The smallest absolute Gasteiger partial charge is 0.233 e. The van der Waals surface area contributed by atoms with Crippen LogP contribution in [0.5, 0.6) is 0 Å². The van der Waals surface area contributed by atoms with Gasteiger partial charge < -0.3 is 16.0 Å². The summed E-state index contributed by atoms with van der Waals surface area (Å²) >= 11 is 1.32. The van der Waals surface area contributed by atoms with E-state index in [1.54, 1.807) is 0 Å². The second-order valence-electron chi connectivity index (χ2n) is 3.79. The number of nitrogens with two attached hydrogens (primary N) is 1. The monoisotopic (exact) mass is 227 g/mol. The highest BCUT2D eigenvalue weighted by Gasteiger charge is 2.09. The van der Waals surface area contributed by atoms with Gasteiger partial charge in [0, 0.05) is 24.6 Å². The summed E-state index contributed by atoms with van der Waals surface area (Å²) in [5.74, 6) is 0.362. The van der Waals surface area contributed by atoms with Crippen molar-refractivity contribution in [3.63, 3.8) is 0 Å². The van der Waals surface area contributed by atoms with Crippen LogP contribution in [0.25, 0.3) is 0 Å². The first-order valence-corrected chi connectivity index (χ1v) is 6.17. The predicted molar refractivity (Wildman–Crippen MR) is 63.1 cm³/mol. The molecule has 0 radical (unpaired) electrons. The summed E-state index contributed by atoms with van der Waals surface area (Å²) in [6, 6.07) is 0. The molecule has 84 valence electrons. The van der Waals surface area contributed by atoms with Crippen LogP contribution in [0.15, 0.2) is 0 Å². The van der Waals surface area contributed by atoms with Gasteiger partial charge in [0.25, 0.3) is 0 Å². The SMILES string of the molecule is Nc1nsc(NCCN2CCCCC2)n1. The Kier molecular flexibility index (Phi) is 3.74. The number of aromatic nitrogens is 2. The Hall–Kier alpha value is -0.880. The molecule has 1 saturated heterocycles. The Morgan fingerprint density at radius 1 is 1.33 bits per heavy atom. The molecular formula is C9H17N5S. The Bertz CT molecular complexity index is 294. The zero-order valence-corrected chi connectivity index (χ0v) is 9.59. The fourth-order valence-corrected chi connectivity index (χ4v) is 2.33. The van der Waals surface area contributed by atoms with E-state index < -0.39 is 0 Å². The lowest BCUT2D eigenvalue weighted by Gasteiger charge is -2.26. The van der Waals surface area contributed by atoms with Gasteiger partial charge in [-0.3, -0.25) is 0 Å². The van der Waals surface area contributed by atoms with Crippen molar-refractivity contribution < 1.29 is 0 Å². The van der Waals surface area contributed by atoms with E-state index in [9.17, 15) is 0 Å². The van der Waals surface area contributed by atoms with Gasteiger partial charge in [-0.25, -0.2) is 0 Å². The summed E-state index contributed by atoms with van der Waals surface area (Å²) in [5.41, 5.74) is 5.43. The third-order valence-electron chi connectivity index (χ3n) is 2.59. The second kappa shape index (κ2) is 5.27.